The third-order valence-electron chi connectivity index (χ3n) is 3.84. The number of H-pyrrole nitrogens is 2. The number of aromatic amines is 2. The Hall–Kier alpha value is -3.41. The molecule has 112 valence electrons. The van der Waals surface area contributed by atoms with Crippen LogP contribution in [-0.4, -0.2) is 19.9 Å². The Labute approximate surface area is 130 Å². The molecule has 0 bridgehead atoms. The first-order valence-electron chi connectivity index (χ1n) is 7.07. The summed E-state index contributed by atoms with van der Waals surface area (Å²) in [5, 5.41) is 11.5. The van der Waals surface area contributed by atoms with E-state index in [0.717, 1.165) is 44.8 Å². The van der Waals surface area contributed by atoms with E-state index >= 15 is 0 Å². The van der Waals surface area contributed by atoms with Gasteiger partial charge in [0, 0.05) is 28.7 Å². The molecule has 0 fully saturated rings. The molecule has 0 aliphatic carbocycles. The minimum Gasteiger partial charge on any atom is -0.361 e. The van der Waals surface area contributed by atoms with Crippen molar-refractivity contribution in [1.29, 1.82) is 0 Å². The molecule has 0 aliphatic heterocycles. The summed E-state index contributed by atoms with van der Waals surface area (Å²) < 4.78 is 0. The number of imidazole rings is 1. The van der Waals surface area contributed by atoms with E-state index in [4.69, 9.17) is 0 Å². The largest absolute Gasteiger partial charge is 0.361 e. The number of hydrogen-bond donors (Lipinski definition) is 2. The molecule has 0 aliphatic rings. The van der Waals surface area contributed by atoms with E-state index in [0.29, 0.717) is 0 Å². The Kier molecular flexibility index (Phi) is 2.94. The molecule has 2 heterocycles. The van der Waals surface area contributed by atoms with Crippen LogP contribution in [0.3, 0.4) is 0 Å². The van der Waals surface area contributed by atoms with E-state index < -0.39 is 4.92 Å². The number of hydrogen-bond acceptors (Lipinski definition) is 3. The number of rotatable bonds is 3. The lowest BCUT2D eigenvalue weighted by Crippen LogP contribution is -1.82. The SMILES string of the molecule is O=[N+]([O-])/C=C/c1c[nH]c2ccc(-c3ccc4nc[nH]c4c3)cc12. The zero-order valence-corrected chi connectivity index (χ0v) is 12.0. The average Bonchev–Trinajstić information content (AvgIpc) is 3.18. The summed E-state index contributed by atoms with van der Waals surface area (Å²) in [5.41, 5.74) is 5.75. The van der Waals surface area contributed by atoms with Crippen LogP contribution in [0.2, 0.25) is 0 Å². The van der Waals surface area contributed by atoms with Gasteiger partial charge in [0.15, 0.2) is 0 Å². The van der Waals surface area contributed by atoms with Crippen LogP contribution in [0.15, 0.2) is 55.1 Å². The van der Waals surface area contributed by atoms with E-state index in [1.165, 1.54) is 6.08 Å². The summed E-state index contributed by atoms with van der Waals surface area (Å²) in [6.07, 6.45) is 5.89. The molecular weight excluding hydrogens is 292 g/mol. The highest BCUT2D eigenvalue weighted by Crippen LogP contribution is 2.28. The molecule has 0 spiro atoms. The second kappa shape index (κ2) is 5.10. The van der Waals surface area contributed by atoms with Gasteiger partial charge in [0.25, 0.3) is 0 Å². The van der Waals surface area contributed by atoms with Gasteiger partial charge in [-0.2, -0.15) is 0 Å². The molecule has 6 heteroatoms. The van der Waals surface area contributed by atoms with Gasteiger partial charge in [-0.15, -0.1) is 0 Å². The van der Waals surface area contributed by atoms with Gasteiger partial charge in [0.05, 0.1) is 22.3 Å². The third kappa shape index (κ3) is 2.36. The highest BCUT2D eigenvalue weighted by Gasteiger charge is 2.06. The van der Waals surface area contributed by atoms with Gasteiger partial charge in [0.1, 0.15) is 0 Å². The summed E-state index contributed by atoms with van der Waals surface area (Å²) in [7, 11) is 0. The molecule has 2 aromatic carbocycles. The molecule has 0 amide bonds. The minimum absolute atomic E-state index is 0.463. The van der Waals surface area contributed by atoms with E-state index in [2.05, 4.69) is 15.0 Å². The maximum atomic E-state index is 10.5. The summed E-state index contributed by atoms with van der Waals surface area (Å²) in [4.78, 5) is 20.5. The number of fused-ring (bicyclic) bond motifs is 2. The Morgan fingerprint density at radius 2 is 1.87 bits per heavy atom. The molecule has 0 unspecified atom stereocenters. The Bertz CT molecular complexity index is 1060. The molecule has 6 nitrogen and oxygen atoms in total. The summed E-state index contributed by atoms with van der Waals surface area (Å²) in [6.45, 7) is 0. The van der Waals surface area contributed by atoms with Crippen LogP contribution < -0.4 is 0 Å². The first kappa shape index (κ1) is 13.3. The maximum absolute atomic E-state index is 10.5. The standard InChI is InChI=1S/C17H12N4O2/c22-21(23)6-5-13-9-18-15-3-1-11(7-14(13)15)12-2-4-16-17(8-12)20-10-19-16/h1-10,18H,(H,19,20)/b6-5+. The van der Waals surface area contributed by atoms with Gasteiger partial charge < -0.3 is 9.97 Å². The topological polar surface area (TPSA) is 87.6 Å². The van der Waals surface area contributed by atoms with Gasteiger partial charge in [-0.05, 0) is 35.4 Å². The minimum atomic E-state index is -0.463. The fourth-order valence-corrected chi connectivity index (χ4v) is 2.72. The van der Waals surface area contributed by atoms with Crippen molar-refractivity contribution in [2.75, 3.05) is 0 Å². The summed E-state index contributed by atoms with van der Waals surface area (Å²) in [5.74, 6) is 0. The van der Waals surface area contributed by atoms with Crippen molar-refractivity contribution in [3.63, 3.8) is 0 Å². The number of nitrogens with zero attached hydrogens (tertiary/aromatic N) is 2. The second-order valence-electron chi connectivity index (χ2n) is 5.24. The molecule has 4 rings (SSSR count). The summed E-state index contributed by atoms with van der Waals surface area (Å²) in [6, 6.07) is 12.1. The van der Waals surface area contributed by atoms with Crippen molar-refractivity contribution in [3.8, 4) is 11.1 Å². The maximum Gasteiger partial charge on any atom is 0.235 e. The van der Waals surface area contributed by atoms with Gasteiger partial charge in [-0.25, -0.2) is 4.98 Å². The fourth-order valence-electron chi connectivity index (χ4n) is 2.72. The number of benzene rings is 2. The first-order valence-corrected chi connectivity index (χ1v) is 7.07. The zero-order chi connectivity index (χ0) is 15.8. The lowest BCUT2D eigenvalue weighted by Gasteiger charge is -2.03. The number of aromatic nitrogens is 3. The lowest BCUT2D eigenvalue weighted by atomic mass is 10.0. The van der Waals surface area contributed by atoms with Crippen molar-refractivity contribution in [2.24, 2.45) is 0 Å². The lowest BCUT2D eigenvalue weighted by molar-refractivity contribution is -0.400. The predicted octanol–water partition coefficient (Wildman–Crippen LogP) is 3.96. The average molecular weight is 304 g/mol. The Morgan fingerprint density at radius 1 is 1.04 bits per heavy atom. The normalized spacial score (nSPS) is 11.7. The zero-order valence-electron chi connectivity index (χ0n) is 12.0. The van der Waals surface area contributed by atoms with E-state index in [9.17, 15) is 10.1 Å². The molecule has 23 heavy (non-hydrogen) atoms. The molecule has 0 saturated heterocycles. The van der Waals surface area contributed by atoms with E-state index in [1.54, 1.807) is 12.5 Å². The van der Waals surface area contributed by atoms with Gasteiger partial charge in [-0.1, -0.05) is 12.1 Å². The van der Waals surface area contributed by atoms with Crippen LogP contribution in [-0.2, 0) is 0 Å². The van der Waals surface area contributed by atoms with Crippen molar-refractivity contribution in [3.05, 3.63) is 70.8 Å². The molecule has 2 N–H and O–H groups in total. The van der Waals surface area contributed by atoms with Gasteiger partial charge in [-0.3, -0.25) is 10.1 Å². The highest BCUT2D eigenvalue weighted by molar-refractivity contribution is 5.93. The van der Waals surface area contributed by atoms with E-state index in [-0.39, 0.29) is 0 Å². The smallest absolute Gasteiger partial charge is 0.235 e. The van der Waals surface area contributed by atoms with Gasteiger partial charge in [0.2, 0.25) is 6.20 Å². The predicted molar refractivity (Wildman–Crippen MR) is 89.4 cm³/mol. The van der Waals surface area contributed by atoms with Crippen molar-refractivity contribution < 1.29 is 4.92 Å². The number of nitrogens with one attached hydrogen (secondary N) is 2. The molecule has 0 radical (unpaired) electrons. The van der Waals surface area contributed by atoms with Crippen molar-refractivity contribution in [1.82, 2.24) is 15.0 Å². The third-order valence-corrected chi connectivity index (χ3v) is 3.84. The van der Waals surface area contributed by atoms with Crippen LogP contribution >= 0.6 is 0 Å². The van der Waals surface area contributed by atoms with Crippen LogP contribution in [0.1, 0.15) is 5.56 Å². The van der Waals surface area contributed by atoms with Gasteiger partial charge >= 0.3 is 0 Å². The first-order chi connectivity index (χ1) is 11.2. The van der Waals surface area contributed by atoms with Crippen molar-refractivity contribution >= 4 is 28.0 Å². The highest BCUT2D eigenvalue weighted by atomic mass is 16.6. The Balaban J connectivity index is 1.83. The molecule has 4 aromatic rings. The molecule has 0 atom stereocenters. The van der Waals surface area contributed by atoms with Crippen LogP contribution in [0.5, 0.6) is 0 Å². The fraction of sp³-hybridized carbons (Fsp3) is 0. The van der Waals surface area contributed by atoms with Crippen LogP contribution in [0.4, 0.5) is 0 Å². The Morgan fingerprint density at radius 3 is 2.74 bits per heavy atom. The monoisotopic (exact) mass is 304 g/mol. The molecule has 0 saturated carbocycles. The molecule has 2 aromatic heterocycles. The second-order valence-corrected chi connectivity index (χ2v) is 5.24. The number of nitro groups is 1. The van der Waals surface area contributed by atoms with Crippen molar-refractivity contribution in [2.45, 2.75) is 0 Å². The molecular formula is C17H12N4O2. The van der Waals surface area contributed by atoms with Crippen LogP contribution in [0, 0.1) is 10.1 Å². The van der Waals surface area contributed by atoms with Crippen LogP contribution in [0.25, 0.3) is 39.1 Å². The van der Waals surface area contributed by atoms with E-state index in [1.807, 2.05) is 36.4 Å². The summed E-state index contributed by atoms with van der Waals surface area (Å²) >= 11 is 0. The quantitative estimate of drug-likeness (QED) is 0.443.